The first kappa shape index (κ1) is 16.8. The van der Waals surface area contributed by atoms with Crippen LogP contribution in [0.15, 0.2) is 52.7 Å². The van der Waals surface area contributed by atoms with Gasteiger partial charge in [0.05, 0.1) is 20.7 Å². The molecule has 2 aromatic carbocycles. The average molecular weight is 384 g/mol. The van der Waals surface area contributed by atoms with Crippen molar-refractivity contribution < 1.29 is 4.39 Å². The maximum absolute atomic E-state index is 12.9. The molecular formula is C17H12Cl2FNS2. The van der Waals surface area contributed by atoms with Crippen molar-refractivity contribution >= 4 is 46.3 Å². The standard InChI is InChI=1S/C17H12Cl2FNS2/c18-15-6-1-11(7-16(15)19)8-17-21-13(10-23-17)9-22-14-4-2-12(20)3-5-14/h1-7,10H,8-9H2. The molecule has 0 fully saturated rings. The van der Waals surface area contributed by atoms with Crippen molar-refractivity contribution in [3.8, 4) is 0 Å². The Morgan fingerprint density at radius 3 is 2.57 bits per heavy atom. The highest BCUT2D eigenvalue weighted by molar-refractivity contribution is 7.98. The van der Waals surface area contributed by atoms with Crippen molar-refractivity contribution in [2.75, 3.05) is 0 Å². The van der Waals surface area contributed by atoms with E-state index < -0.39 is 0 Å². The summed E-state index contributed by atoms with van der Waals surface area (Å²) in [4.78, 5) is 5.67. The van der Waals surface area contributed by atoms with Gasteiger partial charge >= 0.3 is 0 Å². The predicted molar refractivity (Wildman–Crippen MR) is 97.3 cm³/mol. The Morgan fingerprint density at radius 2 is 1.83 bits per heavy atom. The first-order chi connectivity index (χ1) is 11.1. The van der Waals surface area contributed by atoms with Crippen LogP contribution >= 0.6 is 46.3 Å². The van der Waals surface area contributed by atoms with E-state index in [2.05, 4.69) is 10.4 Å². The lowest BCUT2D eigenvalue weighted by Gasteiger charge is -2.01. The quantitative estimate of drug-likeness (QED) is 0.468. The Bertz CT molecular complexity index is 803. The number of nitrogens with zero attached hydrogens (tertiary/aromatic N) is 1. The second kappa shape index (κ2) is 7.67. The lowest BCUT2D eigenvalue weighted by atomic mass is 10.2. The number of benzene rings is 2. The van der Waals surface area contributed by atoms with Gasteiger partial charge in [0, 0.05) is 22.4 Å². The van der Waals surface area contributed by atoms with Crippen molar-refractivity contribution in [2.45, 2.75) is 17.1 Å². The minimum absolute atomic E-state index is 0.216. The molecule has 0 atom stereocenters. The number of thiazole rings is 1. The van der Waals surface area contributed by atoms with Crippen LogP contribution in [0.3, 0.4) is 0 Å². The Kier molecular flexibility index (Phi) is 5.59. The van der Waals surface area contributed by atoms with Crippen molar-refractivity contribution in [2.24, 2.45) is 0 Å². The van der Waals surface area contributed by atoms with Gasteiger partial charge in [-0.05, 0) is 42.0 Å². The van der Waals surface area contributed by atoms with Gasteiger partial charge in [-0.2, -0.15) is 0 Å². The van der Waals surface area contributed by atoms with Crippen LogP contribution in [-0.4, -0.2) is 4.98 Å². The predicted octanol–water partition coefficient (Wildman–Crippen LogP) is 6.47. The second-order valence-electron chi connectivity index (χ2n) is 4.90. The van der Waals surface area contributed by atoms with E-state index in [1.807, 2.05) is 12.1 Å². The zero-order valence-electron chi connectivity index (χ0n) is 11.9. The molecule has 1 aromatic heterocycles. The van der Waals surface area contributed by atoms with Crippen LogP contribution in [0.4, 0.5) is 4.39 Å². The highest BCUT2D eigenvalue weighted by Crippen LogP contribution is 2.26. The molecular weight excluding hydrogens is 372 g/mol. The van der Waals surface area contributed by atoms with Crippen molar-refractivity contribution in [3.05, 3.63) is 80.0 Å². The van der Waals surface area contributed by atoms with E-state index in [1.54, 1.807) is 41.3 Å². The van der Waals surface area contributed by atoms with Crippen molar-refractivity contribution in [1.29, 1.82) is 0 Å². The SMILES string of the molecule is Fc1ccc(SCc2csc(Cc3ccc(Cl)c(Cl)c3)n2)cc1. The van der Waals surface area contributed by atoms with Crippen LogP contribution in [0.25, 0.3) is 0 Å². The molecule has 0 N–H and O–H groups in total. The first-order valence-corrected chi connectivity index (χ1v) is 9.48. The van der Waals surface area contributed by atoms with Crippen LogP contribution in [0.1, 0.15) is 16.3 Å². The largest absolute Gasteiger partial charge is 0.245 e. The molecule has 118 valence electrons. The molecule has 23 heavy (non-hydrogen) atoms. The topological polar surface area (TPSA) is 12.9 Å². The van der Waals surface area contributed by atoms with E-state index in [4.69, 9.17) is 23.2 Å². The van der Waals surface area contributed by atoms with Gasteiger partial charge in [-0.1, -0.05) is 29.3 Å². The van der Waals surface area contributed by atoms with Gasteiger partial charge in [-0.25, -0.2) is 9.37 Å². The summed E-state index contributed by atoms with van der Waals surface area (Å²) in [7, 11) is 0. The van der Waals surface area contributed by atoms with Gasteiger partial charge in [0.1, 0.15) is 5.82 Å². The third kappa shape index (κ3) is 4.70. The molecule has 0 amide bonds. The molecule has 0 bridgehead atoms. The van der Waals surface area contributed by atoms with Crippen LogP contribution in [-0.2, 0) is 12.2 Å². The van der Waals surface area contributed by atoms with E-state index in [-0.39, 0.29) is 5.82 Å². The number of hydrogen-bond acceptors (Lipinski definition) is 3. The van der Waals surface area contributed by atoms with Crippen molar-refractivity contribution in [3.63, 3.8) is 0 Å². The van der Waals surface area contributed by atoms with Gasteiger partial charge in [-0.15, -0.1) is 23.1 Å². The lowest BCUT2D eigenvalue weighted by molar-refractivity contribution is 0.626. The fraction of sp³-hybridized carbons (Fsp3) is 0.118. The zero-order valence-corrected chi connectivity index (χ0v) is 15.1. The van der Waals surface area contributed by atoms with Gasteiger partial charge in [0.2, 0.25) is 0 Å². The number of halogens is 3. The van der Waals surface area contributed by atoms with Crippen LogP contribution in [0.2, 0.25) is 10.0 Å². The molecule has 1 heterocycles. The van der Waals surface area contributed by atoms with Crippen LogP contribution in [0, 0.1) is 5.82 Å². The Morgan fingerprint density at radius 1 is 1.04 bits per heavy atom. The van der Waals surface area contributed by atoms with Gasteiger partial charge in [0.25, 0.3) is 0 Å². The molecule has 0 saturated heterocycles. The molecule has 6 heteroatoms. The molecule has 0 saturated carbocycles. The van der Waals surface area contributed by atoms with Crippen LogP contribution < -0.4 is 0 Å². The third-order valence-corrected chi connectivity index (χ3v) is 5.82. The summed E-state index contributed by atoms with van der Waals surface area (Å²) < 4.78 is 12.9. The molecule has 0 aliphatic carbocycles. The van der Waals surface area contributed by atoms with E-state index in [0.29, 0.717) is 10.0 Å². The summed E-state index contributed by atoms with van der Waals surface area (Å²) in [6.45, 7) is 0. The van der Waals surface area contributed by atoms with E-state index >= 15 is 0 Å². The molecule has 0 aliphatic rings. The van der Waals surface area contributed by atoms with E-state index in [9.17, 15) is 4.39 Å². The maximum atomic E-state index is 12.9. The molecule has 0 spiro atoms. The maximum Gasteiger partial charge on any atom is 0.123 e. The molecule has 0 radical (unpaired) electrons. The summed E-state index contributed by atoms with van der Waals surface area (Å²) >= 11 is 15.2. The molecule has 0 aliphatic heterocycles. The van der Waals surface area contributed by atoms with E-state index in [0.717, 1.165) is 33.3 Å². The fourth-order valence-electron chi connectivity index (χ4n) is 2.01. The second-order valence-corrected chi connectivity index (χ2v) is 7.71. The fourth-order valence-corrected chi connectivity index (χ4v) is 4.05. The first-order valence-electron chi connectivity index (χ1n) is 6.86. The third-order valence-electron chi connectivity index (χ3n) is 3.14. The smallest absolute Gasteiger partial charge is 0.123 e. The summed E-state index contributed by atoms with van der Waals surface area (Å²) in [5, 5.41) is 4.22. The molecule has 3 aromatic rings. The number of aromatic nitrogens is 1. The Balaban J connectivity index is 1.61. The normalized spacial score (nSPS) is 10.9. The van der Waals surface area contributed by atoms with Gasteiger partial charge in [0.15, 0.2) is 0 Å². The average Bonchev–Trinajstić information content (AvgIpc) is 2.98. The minimum Gasteiger partial charge on any atom is -0.245 e. The van der Waals surface area contributed by atoms with Gasteiger partial charge < -0.3 is 0 Å². The molecule has 0 unspecified atom stereocenters. The Hall–Kier alpha value is -1.07. The highest BCUT2D eigenvalue weighted by Gasteiger charge is 2.06. The van der Waals surface area contributed by atoms with Crippen molar-refractivity contribution in [1.82, 2.24) is 4.98 Å². The number of thioether (sulfide) groups is 1. The van der Waals surface area contributed by atoms with Crippen LogP contribution in [0.5, 0.6) is 0 Å². The molecule has 3 rings (SSSR count). The summed E-state index contributed by atoms with van der Waals surface area (Å²) in [5.41, 5.74) is 2.12. The van der Waals surface area contributed by atoms with E-state index in [1.165, 1.54) is 12.1 Å². The summed E-state index contributed by atoms with van der Waals surface area (Å²) in [6.07, 6.45) is 0.739. The Labute approximate surface area is 152 Å². The summed E-state index contributed by atoms with van der Waals surface area (Å²) in [6, 6.07) is 12.1. The lowest BCUT2D eigenvalue weighted by Crippen LogP contribution is -1.89. The minimum atomic E-state index is -0.216. The summed E-state index contributed by atoms with van der Waals surface area (Å²) in [5.74, 6) is 0.552. The number of rotatable bonds is 5. The zero-order chi connectivity index (χ0) is 16.2. The molecule has 1 nitrogen and oxygen atoms in total. The van der Waals surface area contributed by atoms with Gasteiger partial charge in [-0.3, -0.25) is 0 Å². The highest BCUT2D eigenvalue weighted by atomic mass is 35.5. The monoisotopic (exact) mass is 383 g/mol. The number of hydrogen-bond donors (Lipinski definition) is 0.